The van der Waals surface area contributed by atoms with E-state index in [-0.39, 0.29) is 0 Å². The van der Waals surface area contributed by atoms with Crippen LogP contribution >= 0.6 is 0 Å². The molecule has 0 aromatic heterocycles. The van der Waals surface area contributed by atoms with E-state index < -0.39 is 0 Å². The smallest absolute Gasteiger partial charge is 0.0666 e. The highest BCUT2D eigenvalue weighted by Crippen LogP contribution is 2.53. The molecule has 1 fully saturated rings. The first-order valence-electron chi connectivity index (χ1n) is 20.7. The molecule has 2 aliphatic rings. The van der Waals surface area contributed by atoms with Gasteiger partial charge in [-0.05, 0) is 128 Å². The number of allylic oxidation sites excluding steroid dienone is 1. The van der Waals surface area contributed by atoms with Gasteiger partial charge in [-0.25, -0.2) is 0 Å². The van der Waals surface area contributed by atoms with Crippen LogP contribution in [0.5, 0.6) is 0 Å². The molecule has 0 saturated heterocycles. The molecule has 1 heteroatoms. The third-order valence-corrected chi connectivity index (χ3v) is 12.0. The molecule has 0 N–H and O–H groups in total. The van der Waals surface area contributed by atoms with Crippen LogP contribution in [0.2, 0.25) is 0 Å². The molecular weight excluding hydrogens is 699 g/mol. The van der Waals surface area contributed by atoms with Crippen LogP contribution in [-0.2, 0) is 6.42 Å². The van der Waals surface area contributed by atoms with E-state index in [4.69, 9.17) is 4.99 Å². The van der Waals surface area contributed by atoms with Crippen LogP contribution in [0.4, 0.5) is 0 Å². The molecule has 8 aromatic carbocycles. The number of hydrogen-bond acceptors (Lipinski definition) is 1. The molecule has 3 atom stereocenters. The normalized spacial score (nSPS) is 18.2. The van der Waals surface area contributed by atoms with E-state index in [1.54, 1.807) is 0 Å². The molecule has 278 valence electrons. The molecular formula is C57H45N. The standard InChI is InChI=1S/C57H45N/c1-5-16-40(17-6-1)32-41-33-51(42-18-7-2-8-19-42)38-52(34-41)49-28-14-26-47(36-49)45-24-13-25-46(35-45)48-27-15-29-50(37-48)57-55-39-54(55)53(43-20-9-3-10-21-43)30-31-56(58-57)44-22-11-4-12-23-44/h1-29,31,33-38,53-55H,30,32,39H2/b56-31+,58-57?. The molecule has 10 rings (SSSR count). The van der Waals surface area contributed by atoms with E-state index in [9.17, 15) is 0 Å². The van der Waals surface area contributed by atoms with E-state index in [2.05, 4.69) is 218 Å². The van der Waals surface area contributed by atoms with Crippen molar-refractivity contribution in [3.63, 3.8) is 0 Å². The molecule has 58 heavy (non-hydrogen) atoms. The summed E-state index contributed by atoms with van der Waals surface area (Å²) in [5.41, 5.74) is 18.5. The zero-order chi connectivity index (χ0) is 38.7. The largest absolute Gasteiger partial charge is 0.252 e. The van der Waals surface area contributed by atoms with Crippen molar-refractivity contribution in [2.24, 2.45) is 16.8 Å². The molecule has 0 radical (unpaired) electrons. The average molecular weight is 744 g/mol. The second kappa shape index (κ2) is 16.0. The van der Waals surface area contributed by atoms with Gasteiger partial charge in [0, 0.05) is 5.92 Å². The van der Waals surface area contributed by atoms with Crippen LogP contribution < -0.4 is 0 Å². The van der Waals surface area contributed by atoms with Gasteiger partial charge in [0.2, 0.25) is 0 Å². The van der Waals surface area contributed by atoms with Gasteiger partial charge in [0.15, 0.2) is 0 Å². The number of aliphatic imine (C=N–C) groups is 1. The number of fused-ring (bicyclic) bond motifs is 1. The Balaban J connectivity index is 0.981. The summed E-state index contributed by atoms with van der Waals surface area (Å²) in [4.78, 5) is 5.50. The summed E-state index contributed by atoms with van der Waals surface area (Å²) in [5, 5.41) is 0. The van der Waals surface area contributed by atoms with Crippen LogP contribution in [0.1, 0.15) is 46.6 Å². The minimum atomic E-state index is 0.440. The van der Waals surface area contributed by atoms with Gasteiger partial charge in [0.25, 0.3) is 0 Å². The Morgan fingerprint density at radius 2 is 0.810 bits per heavy atom. The highest BCUT2D eigenvalue weighted by Gasteiger charge is 2.47. The molecule has 1 heterocycles. The summed E-state index contributed by atoms with van der Waals surface area (Å²) in [6.07, 6.45) is 5.45. The summed E-state index contributed by atoms with van der Waals surface area (Å²) in [5.74, 6) is 1.52. The van der Waals surface area contributed by atoms with Gasteiger partial charge < -0.3 is 0 Å². The lowest BCUT2D eigenvalue weighted by molar-refractivity contribution is 0.596. The molecule has 1 saturated carbocycles. The average Bonchev–Trinajstić information content (AvgIpc) is 4.07. The quantitative estimate of drug-likeness (QED) is 0.140. The van der Waals surface area contributed by atoms with Crippen molar-refractivity contribution in [3.8, 4) is 44.5 Å². The lowest BCUT2D eigenvalue weighted by Gasteiger charge is -2.20. The number of hydrogen-bond donors (Lipinski definition) is 0. The minimum absolute atomic E-state index is 0.440. The first-order chi connectivity index (χ1) is 28.7. The van der Waals surface area contributed by atoms with Gasteiger partial charge in [0.1, 0.15) is 0 Å². The molecule has 8 aromatic rings. The van der Waals surface area contributed by atoms with Crippen LogP contribution in [0.15, 0.2) is 223 Å². The van der Waals surface area contributed by atoms with Crippen molar-refractivity contribution in [3.05, 3.63) is 246 Å². The van der Waals surface area contributed by atoms with Crippen LogP contribution in [0.25, 0.3) is 50.2 Å². The zero-order valence-corrected chi connectivity index (χ0v) is 32.6. The summed E-state index contributed by atoms with van der Waals surface area (Å²) < 4.78 is 0. The van der Waals surface area contributed by atoms with Gasteiger partial charge in [-0.15, -0.1) is 0 Å². The molecule has 1 nitrogen and oxygen atoms in total. The van der Waals surface area contributed by atoms with Crippen molar-refractivity contribution < 1.29 is 0 Å². The highest BCUT2D eigenvalue weighted by atomic mass is 14.8. The lowest BCUT2D eigenvalue weighted by Crippen LogP contribution is -2.12. The second-order valence-corrected chi connectivity index (χ2v) is 15.9. The fourth-order valence-electron chi connectivity index (χ4n) is 9.00. The maximum absolute atomic E-state index is 5.50. The van der Waals surface area contributed by atoms with E-state index >= 15 is 0 Å². The molecule has 0 spiro atoms. The minimum Gasteiger partial charge on any atom is -0.252 e. The predicted molar refractivity (Wildman–Crippen MR) is 244 cm³/mol. The Labute approximate surface area is 342 Å². The second-order valence-electron chi connectivity index (χ2n) is 15.9. The maximum atomic E-state index is 5.50. The van der Waals surface area contributed by atoms with Crippen molar-refractivity contribution in [2.75, 3.05) is 0 Å². The van der Waals surface area contributed by atoms with Crippen molar-refractivity contribution in [1.29, 1.82) is 0 Å². The maximum Gasteiger partial charge on any atom is 0.0666 e. The first kappa shape index (κ1) is 35.6. The zero-order valence-electron chi connectivity index (χ0n) is 32.6. The first-order valence-corrected chi connectivity index (χ1v) is 20.7. The molecule has 0 bridgehead atoms. The van der Waals surface area contributed by atoms with Gasteiger partial charge in [-0.1, -0.05) is 194 Å². The molecule has 1 aliphatic carbocycles. The van der Waals surface area contributed by atoms with Crippen molar-refractivity contribution in [1.82, 2.24) is 0 Å². The monoisotopic (exact) mass is 743 g/mol. The summed E-state index contributed by atoms with van der Waals surface area (Å²) >= 11 is 0. The van der Waals surface area contributed by atoms with E-state index in [1.165, 1.54) is 84.5 Å². The van der Waals surface area contributed by atoms with E-state index in [0.29, 0.717) is 17.8 Å². The Bertz CT molecular complexity index is 2750. The van der Waals surface area contributed by atoms with Crippen molar-refractivity contribution in [2.45, 2.75) is 25.2 Å². The molecule has 3 unspecified atom stereocenters. The van der Waals surface area contributed by atoms with Crippen LogP contribution in [0.3, 0.4) is 0 Å². The molecule has 0 amide bonds. The third kappa shape index (κ3) is 7.64. The number of benzene rings is 8. The van der Waals surface area contributed by atoms with Crippen LogP contribution in [-0.4, -0.2) is 5.71 Å². The lowest BCUT2D eigenvalue weighted by atomic mass is 9.87. The Morgan fingerprint density at radius 3 is 1.41 bits per heavy atom. The fourth-order valence-corrected chi connectivity index (χ4v) is 9.00. The van der Waals surface area contributed by atoms with E-state index in [1.807, 2.05) is 0 Å². The van der Waals surface area contributed by atoms with Gasteiger partial charge in [0.05, 0.1) is 11.4 Å². The Kier molecular flexibility index (Phi) is 9.79. The summed E-state index contributed by atoms with van der Waals surface area (Å²) in [7, 11) is 0. The van der Waals surface area contributed by atoms with Gasteiger partial charge >= 0.3 is 0 Å². The predicted octanol–water partition coefficient (Wildman–Crippen LogP) is 14.6. The van der Waals surface area contributed by atoms with Gasteiger partial charge in [-0.3, -0.25) is 4.99 Å². The number of rotatable bonds is 9. The van der Waals surface area contributed by atoms with E-state index in [0.717, 1.165) is 18.5 Å². The Morgan fingerprint density at radius 1 is 0.362 bits per heavy atom. The Hall–Kier alpha value is -6.83. The third-order valence-electron chi connectivity index (χ3n) is 12.0. The molecule has 1 aliphatic heterocycles. The summed E-state index contributed by atoms with van der Waals surface area (Å²) in [6.45, 7) is 0. The van der Waals surface area contributed by atoms with Gasteiger partial charge in [-0.2, -0.15) is 0 Å². The fraction of sp³-hybridized carbons (Fsp3) is 0.105. The topological polar surface area (TPSA) is 12.4 Å². The summed E-state index contributed by atoms with van der Waals surface area (Å²) in [6, 6.07) is 77.5. The SMILES string of the molecule is C1=C(\c2ccccc2)N=C(c2cccc(-c3cccc(-c4cccc(-c5cc(Cc6ccccc6)cc(-c6ccccc6)c5)c4)c3)c2)C2CC2C(c2ccccc2)C/1. The number of nitrogens with zero attached hydrogens (tertiary/aromatic N) is 1. The van der Waals surface area contributed by atoms with Crippen molar-refractivity contribution >= 4 is 11.4 Å². The van der Waals surface area contributed by atoms with Crippen LogP contribution in [0, 0.1) is 11.8 Å². The highest BCUT2D eigenvalue weighted by molar-refractivity contribution is 6.07.